The van der Waals surface area contributed by atoms with Gasteiger partial charge in [0.05, 0.1) is 0 Å². The van der Waals surface area contributed by atoms with Crippen LogP contribution in [0.25, 0.3) is 0 Å². The third-order valence-electron chi connectivity index (χ3n) is 2.65. The summed E-state index contributed by atoms with van der Waals surface area (Å²) in [5, 5.41) is 6.90. The Morgan fingerprint density at radius 3 is 2.25 bits per heavy atom. The van der Waals surface area contributed by atoms with E-state index in [2.05, 4.69) is 23.9 Å². The molecule has 0 unspecified atom stereocenters. The molecule has 2 nitrogen and oxygen atoms in total. The molecule has 1 aliphatic rings. The maximum absolute atomic E-state index is 3.55. The lowest BCUT2D eigenvalue weighted by Crippen LogP contribution is -2.38. The van der Waals surface area contributed by atoms with E-state index in [0.29, 0.717) is 0 Å². The molecule has 0 aromatic heterocycles. The number of hydrogen-bond acceptors (Lipinski definition) is 3. The number of thioether (sulfide) groups is 1. The van der Waals surface area contributed by atoms with Crippen molar-refractivity contribution in [2.75, 3.05) is 19.2 Å². The van der Waals surface area contributed by atoms with Crippen LogP contribution < -0.4 is 10.6 Å². The molecule has 1 saturated carbocycles. The van der Waals surface area contributed by atoms with Crippen molar-refractivity contribution in [2.24, 2.45) is 0 Å². The molecule has 0 bridgehead atoms. The minimum Gasteiger partial charge on any atom is -0.317 e. The highest BCUT2D eigenvalue weighted by molar-refractivity contribution is 7.98. The molecule has 0 radical (unpaired) electrons. The molecule has 0 aliphatic heterocycles. The fourth-order valence-corrected chi connectivity index (χ4v) is 2.19. The minimum absolute atomic E-state index is 0.775. The molecule has 12 heavy (non-hydrogen) atoms. The first-order valence-corrected chi connectivity index (χ1v) is 6.15. The van der Waals surface area contributed by atoms with Crippen molar-refractivity contribution < 1.29 is 0 Å². The van der Waals surface area contributed by atoms with Crippen LogP contribution in [0.2, 0.25) is 0 Å². The normalized spacial score (nSPS) is 30.5. The van der Waals surface area contributed by atoms with Crippen LogP contribution in [0.1, 0.15) is 25.7 Å². The minimum atomic E-state index is 0.775. The van der Waals surface area contributed by atoms with E-state index in [9.17, 15) is 0 Å². The van der Waals surface area contributed by atoms with Crippen molar-refractivity contribution in [1.82, 2.24) is 10.6 Å². The predicted octanol–water partition coefficient (Wildman–Crippen LogP) is 1.43. The molecule has 0 heterocycles. The molecule has 0 aromatic carbocycles. The average Bonchev–Trinajstić information content (AvgIpc) is 2.15. The Hall–Kier alpha value is 0.270. The van der Waals surface area contributed by atoms with Crippen LogP contribution in [0.15, 0.2) is 0 Å². The highest BCUT2D eigenvalue weighted by Gasteiger charge is 2.18. The summed E-state index contributed by atoms with van der Waals surface area (Å²) >= 11 is 1.88. The fourth-order valence-electron chi connectivity index (χ4n) is 1.79. The van der Waals surface area contributed by atoms with Crippen LogP contribution in [0.5, 0.6) is 0 Å². The molecule has 0 saturated heterocycles. The Morgan fingerprint density at radius 2 is 1.75 bits per heavy atom. The zero-order valence-corrected chi connectivity index (χ0v) is 8.91. The Morgan fingerprint density at radius 1 is 1.17 bits per heavy atom. The second-order valence-electron chi connectivity index (χ2n) is 3.47. The number of rotatable bonds is 4. The summed E-state index contributed by atoms with van der Waals surface area (Å²) in [6, 6.07) is 1.55. The molecule has 0 amide bonds. The van der Waals surface area contributed by atoms with Crippen molar-refractivity contribution in [3.8, 4) is 0 Å². The maximum atomic E-state index is 3.55. The van der Waals surface area contributed by atoms with Gasteiger partial charge in [0.15, 0.2) is 0 Å². The van der Waals surface area contributed by atoms with Gasteiger partial charge in [-0.05, 0) is 39.0 Å². The molecule has 0 atom stereocenters. The van der Waals surface area contributed by atoms with Gasteiger partial charge in [0, 0.05) is 18.0 Å². The molecular formula is C9H20N2S. The lowest BCUT2D eigenvalue weighted by atomic mass is 9.91. The van der Waals surface area contributed by atoms with Gasteiger partial charge >= 0.3 is 0 Å². The molecule has 72 valence electrons. The number of hydrogen-bond donors (Lipinski definition) is 2. The summed E-state index contributed by atoms with van der Waals surface area (Å²) in [5.74, 6) is 1.11. The third kappa shape index (κ3) is 3.33. The van der Waals surface area contributed by atoms with E-state index in [-0.39, 0.29) is 0 Å². The van der Waals surface area contributed by atoms with Crippen LogP contribution >= 0.6 is 11.8 Å². The van der Waals surface area contributed by atoms with E-state index in [4.69, 9.17) is 0 Å². The summed E-state index contributed by atoms with van der Waals surface area (Å²) in [6.45, 7) is 0. The lowest BCUT2D eigenvalue weighted by Gasteiger charge is -2.28. The quantitative estimate of drug-likeness (QED) is 0.653. The van der Waals surface area contributed by atoms with Gasteiger partial charge in [0.1, 0.15) is 0 Å². The Kier molecular flexibility index (Phi) is 5.04. The molecule has 1 aliphatic carbocycles. The van der Waals surface area contributed by atoms with Gasteiger partial charge in [-0.25, -0.2) is 0 Å². The summed E-state index contributed by atoms with van der Waals surface area (Å²) in [5.41, 5.74) is 0. The monoisotopic (exact) mass is 188 g/mol. The summed E-state index contributed by atoms with van der Waals surface area (Å²) in [7, 11) is 2.07. The van der Waals surface area contributed by atoms with Crippen molar-refractivity contribution in [3.63, 3.8) is 0 Å². The van der Waals surface area contributed by atoms with Gasteiger partial charge < -0.3 is 10.6 Å². The lowest BCUT2D eigenvalue weighted by molar-refractivity contribution is 0.328. The molecule has 0 aromatic rings. The molecular weight excluding hydrogens is 168 g/mol. The van der Waals surface area contributed by atoms with Crippen molar-refractivity contribution in [1.29, 1.82) is 0 Å². The van der Waals surface area contributed by atoms with Gasteiger partial charge in [-0.15, -0.1) is 11.8 Å². The van der Waals surface area contributed by atoms with Crippen molar-refractivity contribution in [2.45, 2.75) is 37.8 Å². The first-order valence-electron chi connectivity index (χ1n) is 4.76. The van der Waals surface area contributed by atoms with Gasteiger partial charge in [-0.1, -0.05) is 0 Å². The first kappa shape index (κ1) is 10.4. The molecule has 0 spiro atoms. The maximum Gasteiger partial charge on any atom is 0.0417 e. The average molecular weight is 188 g/mol. The number of nitrogens with one attached hydrogen (secondary N) is 2. The van der Waals surface area contributed by atoms with Crippen molar-refractivity contribution in [3.05, 3.63) is 0 Å². The zero-order valence-electron chi connectivity index (χ0n) is 8.10. The molecule has 1 rings (SSSR count). The topological polar surface area (TPSA) is 24.1 Å². The second kappa shape index (κ2) is 5.84. The van der Waals surface area contributed by atoms with E-state index < -0.39 is 0 Å². The zero-order chi connectivity index (χ0) is 8.81. The van der Waals surface area contributed by atoms with E-state index in [1.54, 1.807) is 0 Å². The predicted molar refractivity (Wildman–Crippen MR) is 56.6 cm³/mol. The Bertz CT molecular complexity index is 111. The third-order valence-corrected chi connectivity index (χ3v) is 3.11. The highest BCUT2D eigenvalue weighted by Crippen LogP contribution is 2.18. The SMILES string of the molecule is CNC1CCC(NCSC)CC1. The standard InChI is InChI=1S/C9H20N2S/c1-10-8-3-5-9(6-4-8)11-7-12-2/h8-11H,3-7H2,1-2H3. The van der Waals surface area contributed by atoms with Crippen LogP contribution in [0, 0.1) is 0 Å². The van der Waals surface area contributed by atoms with E-state index in [1.807, 2.05) is 11.8 Å². The van der Waals surface area contributed by atoms with Crippen LogP contribution in [-0.2, 0) is 0 Å². The summed E-state index contributed by atoms with van der Waals surface area (Å²) < 4.78 is 0. The fraction of sp³-hybridized carbons (Fsp3) is 1.00. The van der Waals surface area contributed by atoms with Crippen LogP contribution in [0.3, 0.4) is 0 Å². The van der Waals surface area contributed by atoms with E-state index in [1.165, 1.54) is 25.7 Å². The van der Waals surface area contributed by atoms with E-state index >= 15 is 0 Å². The van der Waals surface area contributed by atoms with Crippen LogP contribution in [0.4, 0.5) is 0 Å². The van der Waals surface area contributed by atoms with Gasteiger partial charge in [0.2, 0.25) is 0 Å². The second-order valence-corrected chi connectivity index (χ2v) is 4.34. The van der Waals surface area contributed by atoms with Crippen molar-refractivity contribution >= 4 is 11.8 Å². The summed E-state index contributed by atoms with van der Waals surface area (Å²) in [4.78, 5) is 0. The van der Waals surface area contributed by atoms with E-state index in [0.717, 1.165) is 18.0 Å². The van der Waals surface area contributed by atoms with Gasteiger partial charge in [0.25, 0.3) is 0 Å². The Balaban J connectivity index is 2.09. The highest BCUT2D eigenvalue weighted by atomic mass is 32.2. The largest absolute Gasteiger partial charge is 0.317 e. The van der Waals surface area contributed by atoms with Gasteiger partial charge in [-0.2, -0.15) is 0 Å². The molecule has 3 heteroatoms. The smallest absolute Gasteiger partial charge is 0.0417 e. The van der Waals surface area contributed by atoms with Crippen LogP contribution in [-0.4, -0.2) is 31.3 Å². The van der Waals surface area contributed by atoms with Gasteiger partial charge in [-0.3, -0.25) is 0 Å². The summed E-state index contributed by atoms with van der Waals surface area (Å²) in [6.07, 6.45) is 7.50. The molecule has 1 fully saturated rings. The Labute approximate surface area is 79.9 Å². The molecule has 2 N–H and O–H groups in total. The first-order chi connectivity index (χ1) is 5.86.